The maximum absolute atomic E-state index is 11.9. The van der Waals surface area contributed by atoms with Gasteiger partial charge in [-0.2, -0.15) is 0 Å². The third kappa shape index (κ3) is 8.20. The van der Waals surface area contributed by atoms with Crippen molar-refractivity contribution in [3.8, 4) is 5.75 Å². The van der Waals surface area contributed by atoms with Crippen LogP contribution in [0.3, 0.4) is 0 Å². The molecule has 0 N–H and O–H groups in total. The number of hydrogen-bond acceptors (Lipinski definition) is 5. The molecule has 42 heavy (non-hydrogen) atoms. The van der Waals surface area contributed by atoms with Crippen LogP contribution in [-0.2, 0) is 27.2 Å². The van der Waals surface area contributed by atoms with E-state index in [-0.39, 0.29) is 6.42 Å². The van der Waals surface area contributed by atoms with Crippen molar-refractivity contribution >= 4 is 29.3 Å². The van der Waals surface area contributed by atoms with Gasteiger partial charge in [0.1, 0.15) is 24.2 Å². The van der Waals surface area contributed by atoms with Crippen LogP contribution in [0.25, 0.3) is 0 Å². The van der Waals surface area contributed by atoms with Gasteiger partial charge in [-0.25, -0.2) is 4.79 Å². The van der Waals surface area contributed by atoms with Crippen LogP contribution in [0.2, 0.25) is 0 Å². The van der Waals surface area contributed by atoms with Crippen molar-refractivity contribution in [2.45, 2.75) is 59.2 Å². The number of aldehydes is 1. The van der Waals surface area contributed by atoms with Crippen LogP contribution in [0.15, 0.2) is 109 Å². The third-order valence-corrected chi connectivity index (χ3v) is 7.19. The molecule has 2 unspecified atom stereocenters. The van der Waals surface area contributed by atoms with E-state index in [0.717, 1.165) is 36.2 Å². The van der Waals surface area contributed by atoms with Crippen LogP contribution in [0, 0.1) is 13.8 Å². The minimum atomic E-state index is -0.588. The molecule has 5 heteroatoms. The van der Waals surface area contributed by atoms with Gasteiger partial charge in [0.2, 0.25) is 0 Å². The predicted octanol–water partition coefficient (Wildman–Crippen LogP) is 8.40. The van der Waals surface area contributed by atoms with E-state index in [1.807, 2.05) is 24.3 Å². The molecule has 0 aliphatic heterocycles. The largest absolute Gasteiger partial charge is 0.486 e. The van der Waals surface area contributed by atoms with Crippen LogP contribution in [0.4, 0.5) is 17.1 Å². The first-order chi connectivity index (χ1) is 20.2. The SMILES string of the molecule is C=C(C)C(=O)OC(C)C(CC=O)Oc1ccc(CCc2ccc(N(c3ccc(C)cc3)c3ccc(C)cc3)cc2)cc1. The Balaban J connectivity index is 1.40. The normalized spacial score (nSPS) is 12.2. The van der Waals surface area contributed by atoms with Crippen LogP contribution in [-0.4, -0.2) is 24.5 Å². The molecule has 5 nitrogen and oxygen atoms in total. The average molecular weight is 562 g/mol. The molecule has 0 amide bonds. The number of rotatable bonds is 13. The summed E-state index contributed by atoms with van der Waals surface area (Å²) in [5.41, 5.74) is 8.57. The quantitative estimate of drug-likeness (QED) is 0.0932. The summed E-state index contributed by atoms with van der Waals surface area (Å²) in [4.78, 5) is 25.4. The molecular weight excluding hydrogens is 522 g/mol. The number of esters is 1. The van der Waals surface area contributed by atoms with Gasteiger partial charge in [0.05, 0.1) is 0 Å². The molecule has 0 aliphatic rings. The summed E-state index contributed by atoms with van der Waals surface area (Å²) in [7, 11) is 0. The van der Waals surface area contributed by atoms with Crippen LogP contribution < -0.4 is 9.64 Å². The molecule has 0 spiro atoms. The molecule has 4 aromatic carbocycles. The highest BCUT2D eigenvalue weighted by atomic mass is 16.6. The summed E-state index contributed by atoms with van der Waals surface area (Å²) in [5, 5.41) is 0. The Hall–Kier alpha value is -4.64. The van der Waals surface area contributed by atoms with Gasteiger partial charge in [-0.1, -0.05) is 66.2 Å². The first-order valence-electron chi connectivity index (χ1n) is 14.3. The summed E-state index contributed by atoms with van der Waals surface area (Å²) in [5.74, 6) is 0.129. The van der Waals surface area contributed by atoms with Crippen molar-refractivity contribution in [2.24, 2.45) is 0 Å². The van der Waals surface area contributed by atoms with E-state index in [1.165, 1.54) is 22.3 Å². The van der Waals surface area contributed by atoms with E-state index in [4.69, 9.17) is 9.47 Å². The maximum Gasteiger partial charge on any atom is 0.333 e. The maximum atomic E-state index is 11.9. The lowest BCUT2D eigenvalue weighted by molar-refractivity contribution is -0.148. The van der Waals surface area contributed by atoms with Crippen molar-refractivity contribution in [2.75, 3.05) is 4.90 Å². The second kappa shape index (κ2) is 14.3. The van der Waals surface area contributed by atoms with E-state index in [9.17, 15) is 9.59 Å². The average Bonchev–Trinajstić information content (AvgIpc) is 2.99. The minimum absolute atomic E-state index is 0.119. The van der Waals surface area contributed by atoms with E-state index < -0.39 is 18.2 Å². The lowest BCUT2D eigenvalue weighted by atomic mass is 10.0. The summed E-state index contributed by atoms with van der Waals surface area (Å²) in [6, 6.07) is 33.8. The van der Waals surface area contributed by atoms with Gasteiger partial charge in [0.25, 0.3) is 0 Å². The number of carbonyl (C=O) groups is 2. The third-order valence-electron chi connectivity index (χ3n) is 7.19. The monoisotopic (exact) mass is 561 g/mol. The second-order valence-electron chi connectivity index (χ2n) is 10.8. The van der Waals surface area contributed by atoms with Gasteiger partial charge < -0.3 is 19.2 Å². The molecule has 4 rings (SSSR count). The number of aryl methyl sites for hydroxylation is 4. The first kappa shape index (κ1) is 30.3. The number of nitrogens with zero attached hydrogens (tertiary/aromatic N) is 1. The fraction of sp³-hybridized carbons (Fsp3) is 0.243. The molecule has 0 fully saturated rings. The smallest absolute Gasteiger partial charge is 0.333 e. The van der Waals surface area contributed by atoms with Crippen molar-refractivity contribution in [1.29, 1.82) is 0 Å². The standard InChI is InChI=1S/C37H39NO4/c1-26(2)37(40)41-29(5)36(24-25-39)42-35-22-14-31(15-23-35)11-10-30-12-20-34(21-13-30)38(32-16-6-27(3)7-17-32)33-18-8-28(4)9-19-33/h6-9,12-23,25,29,36H,1,10-11,24H2,2-5H3. The highest BCUT2D eigenvalue weighted by molar-refractivity contribution is 5.87. The van der Waals surface area contributed by atoms with Crippen LogP contribution in [0.1, 0.15) is 42.5 Å². The predicted molar refractivity (Wildman–Crippen MR) is 170 cm³/mol. The Morgan fingerprint density at radius 2 is 1.19 bits per heavy atom. The highest BCUT2D eigenvalue weighted by Crippen LogP contribution is 2.35. The van der Waals surface area contributed by atoms with Crippen LogP contribution >= 0.6 is 0 Å². The molecular formula is C37H39NO4. The summed E-state index contributed by atoms with van der Waals surface area (Å²) >= 11 is 0. The number of hydrogen-bond donors (Lipinski definition) is 0. The number of benzene rings is 4. The van der Waals surface area contributed by atoms with Crippen molar-refractivity contribution in [3.05, 3.63) is 131 Å². The fourth-order valence-corrected chi connectivity index (χ4v) is 4.62. The van der Waals surface area contributed by atoms with E-state index in [0.29, 0.717) is 11.3 Å². The lowest BCUT2D eigenvalue weighted by Crippen LogP contribution is -2.34. The van der Waals surface area contributed by atoms with E-state index >= 15 is 0 Å². The Morgan fingerprint density at radius 1 is 0.762 bits per heavy atom. The topological polar surface area (TPSA) is 55.8 Å². The minimum Gasteiger partial charge on any atom is -0.486 e. The Morgan fingerprint density at radius 3 is 1.62 bits per heavy atom. The number of ether oxygens (including phenoxy) is 2. The number of carbonyl (C=O) groups excluding carboxylic acids is 2. The summed E-state index contributed by atoms with van der Waals surface area (Å²) in [6.45, 7) is 11.1. The Kier molecular flexibility index (Phi) is 10.3. The van der Waals surface area contributed by atoms with Gasteiger partial charge in [-0.15, -0.1) is 0 Å². The van der Waals surface area contributed by atoms with Gasteiger partial charge >= 0.3 is 5.97 Å². The van der Waals surface area contributed by atoms with Gasteiger partial charge in [-0.05, 0) is 100 Å². The molecule has 4 aromatic rings. The van der Waals surface area contributed by atoms with Gasteiger partial charge in [0, 0.05) is 29.1 Å². The molecule has 0 saturated heterocycles. The van der Waals surface area contributed by atoms with E-state index in [2.05, 4.69) is 98.1 Å². The molecule has 0 saturated carbocycles. The summed E-state index contributed by atoms with van der Waals surface area (Å²) in [6.07, 6.45) is 1.51. The van der Waals surface area contributed by atoms with Crippen molar-refractivity contribution < 1.29 is 19.1 Å². The van der Waals surface area contributed by atoms with Crippen LogP contribution in [0.5, 0.6) is 5.75 Å². The number of anilines is 3. The molecule has 0 aliphatic carbocycles. The molecule has 216 valence electrons. The molecule has 0 aromatic heterocycles. The van der Waals surface area contributed by atoms with Gasteiger partial charge in [0.15, 0.2) is 0 Å². The Bertz CT molecular complexity index is 1430. The zero-order valence-corrected chi connectivity index (χ0v) is 24.9. The Labute approximate surface area is 249 Å². The molecule has 0 heterocycles. The second-order valence-corrected chi connectivity index (χ2v) is 10.8. The zero-order chi connectivity index (χ0) is 30.1. The lowest BCUT2D eigenvalue weighted by Gasteiger charge is -2.26. The fourth-order valence-electron chi connectivity index (χ4n) is 4.62. The van der Waals surface area contributed by atoms with Crippen molar-refractivity contribution in [3.63, 3.8) is 0 Å². The zero-order valence-electron chi connectivity index (χ0n) is 24.9. The molecule has 2 atom stereocenters. The van der Waals surface area contributed by atoms with E-state index in [1.54, 1.807) is 13.8 Å². The highest BCUT2D eigenvalue weighted by Gasteiger charge is 2.23. The molecule has 0 bridgehead atoms. The first-order valence-corrected chi connectivity index (χ1v) is 14.3. The van der Waals surface area contributed by atoms with Gasteiger partial charge in [-0.3, -0.25) is 0 Å². The summed E-state index contributed by atoms with van der Waals surface area (Å²) < 4.78 is 11.4. The molecule has 0 radical (unpaired) electrons. The van der Waals surface area contributed by atoms with Crippen molar-refractivity contribution in [1.82, 2.24) is 0 Å².